The van der Waals surface area contributed by atoms with Gasteiger partial charge in [0.25, 0.3) is 5.91 Å². The summed E-state index contributed by atoms with van der Waals surface area (Å²) in [4.78, 5) is 30.0. The summed E-state index contributed by atoms with van der Waals surface area (Å²) in [6, 6.07) is 3.64. The van der Waals surface area contributed by atoms with Crippen LogP contribution in [-0.4, -0.2) is 53.1 Å². The van der Waals surface area contributed by atoms with Crippen LogP contribution < -0.4 is 0 Å². The Labute approximate surface area is 174 Å². The van der Waals surface area contributed by atoms with Crippen molar-refractivity contribution in [3.8, 4) is 0 Å². The Kier molecular flexibility index (Phi) is 5.55. The van der Waals surface area contributed by atoms with E-state index >= 15 is 0 Å². The Bertz CT molecular complexity index is 822. The normalized spacial score (nSPS) is 29.6. The second-order valence-electron chi connectivity index (χ2n) is 8.76. The van der Waals surface area contributed by atoms with Crippen molar-refractivity contribution >= 4 is 11.8 Å². The molecule has 2 amide bonds. The molecule has 4 rings (SSSR count). The predicted molar refractivity (Wildman–Crippen MR) is 104 cm³/mol. The number of amides is 2. The molecule has 1 spiro atoms. The van der Waals surface area contributed by atoms with Crippen LogP contribution in [0, 0.1) is 5.92 Å². The molecule has 1 aromatic rings. The fourth-order valence-electron chi connectivity index (χ4n) is 5.11. The molecule has 1 aromatic carbocycles. The smallest absolute Gasteiger partial charge is 0.353 e. The van der Waals surface area contributed by atoms with E-state index in [0.29, 0.717) is 31.8 Å². The highest BCUT2D eigenvalue weighted by atomic mass is 19.4. The first kappa shape index (κ1) is 21.2. The minimum absolute atomic E-state index is 0.0628. The third-order valence-electron chi connectivity index (χ3n) is 6.55. The summed E-state index contributed by atoms with van der Waals surface area (Å²) in [5.74, 6) is -0.427. The lowest BCUT2D eigenvalue weighted by molar-refractivity contribution is -0.138. The van der Waals surface area contributed by atoms with E-state index < -0.39 is 29.4 Å². The van der Waals surface area contributed by atoms with Crippen molar-refractivity contribution in [2.24, 2.45) is 5.92 Å². The Morgan fingerprint density at radius 1 is 1.17 bits per heavy atom. The fourth-order valence-corrected chi connectivity index (χ4v) is 5.11. The van der Waals surface area contributed by atoms with Crippen LogP contribution in [0.2, 0.25) is 0 Å². The SMILES string of the molecule is CC1CCCC2(C1)OCC(C(=O)N1CCCC1)N2C(=O)c1cccc(C(F)(F)F)c1. The molecule has 3 unspecified atom stereocenters. The fraction of sp³-hybridized carbons (Fsp3) is 0.636. The molecule has 3 aliphatic rings. The molecule has 8 heteroatoms. The average Bonchev–Trinajstić information content (AvgIpc) is 3.35. The highest BCUT2D eigenvalue weighted by molar-refractivity contribution is 5.98. The number of benzene rings is 1. The lowest BCUT2D eigenvalue weighted by atomic mass is 9.83. The zero-order valence-corrected chi connectivity index (χ0v) is 17.1. The van der Waals surface area contributed by atoms with E-state index in [0.717, 1.165) is 37.8 Å². The molecular formula is C22H27F3N2O3. The molecule has 1 saturated carbocycles. The lowest BCUT2D eigenvalue weighted by Gasteiger charge is -2.43. The quantitative estimate of drug-likeness (QED) is 0.719. The van der Waals surface area contributed by atoms with E-state index in [4.69, 9.17) is 4.74 Å². The molecule has 0 N–H and O–H groups in total. The molecule has 0 bridgehead atoms. The molecule has 5 nitrogen and oxygen atoms in total. The third kappa shape index (κ3) is 3.82. The van der Waals surface area contributed by atoms with Crippen LogP contribution in [-0.2, 0) is 15.7 Å². The number of alkyl halides is 3. The van der Waals surface area contributed by atoms with Crippen LogP contribution in [0.4, 0.5) is 13.2 Å². The molecule has 0 aromatic heterocycles. The lowest BCUT2D eigenvalue weighted by Crippen LogP contribution is -2.57. The number of nitrogens with zero attached hydrogens (tertiary/aromatic N) is 2. The molecule has 30 heavy (non-hydrogen) atoms. The van der Waals surface area contributed by atoms with Crippen LogP contribution >= 0.6 is 0 Å². The Balaban J connectivity index is 1.70. The summed E-state index contributed by atoms with van der Waals surface area (Å²) >= 11 is 0. The molecule has 2 saturated heterocycles. The predicted octanol–water partition coefficient (Wildman–Crippen LogP) is 4.08. The number of ether oxygens (including phenoxy) is 1. The van der Waals surface area contributed by atoms with Gasteiger partial charge in [0.1, 0.15) is 11.8 Å². The first-order chi connectivity index (χ1) is 14.2. The molecule has 3 atom stereocenters. The van der Waals surface area contributed by atoms with Gasteiger partial charge in [-0.3, -0.25) is 14.5 Å². The molecule has 1 aliphatic carbocycles. The van der Waals surface area contributed by atoms with Crippen LogP contribution in [0.1, 0.15) is 61.4 Å². The summed E-state index contributed by atoms with van der Waals surface area (Å²) in [6.45, 7) is 3.45. The zero-order chi connectivity index (χ0) is 21.5. The van der Waals surface area contributed by atoms with Crippen molar-refractivity contribution < 1.29 is 27.5 Å². The van der Waals surface area contributed by atoms with Gasteiger partial charge in [-0.25, -0.2) is 0 Å². The maximum atomic E-state index is 13.5. The minimum Gasteiger partial charge on any atom is -0.353 e. The number of rotatable bonds is 2. The molecule has 164 valence electrons. The first-order valence-electron chi connectivity index (χ1n) is 10.6. The van der Waals surface area contributed by atoms with Gasteiger partial charge in [0, 0.05) is 18.7 Å². The van der Waals surface area contributed by atoms with Gasteiger partial charge in [0.05, 0.1) is 12.2 Å². The van der Waals surface area contributed by atoms with Crippen molar-refractivity contribution in [2.45, 2.75) is 63.4 Å². The van der Waals surface area contributed by atoms with Gasteiger partial charge < -0.3 is 9.64 Å². The summed E-state index contributed by atoms with van der Waals surface area (Å²) in [7, 11) is 0. The molecular weight excluding hydrogens is 397 g/mol. The second-order valence-corrected chi connectivity index (χ2v) is 8.76. The minimum atomic E-state index is -4.54. The van der Waals surface area contributed by atoms with E-state index in [1.54, 1.807) is 4.90 Å². The van der Waals surface area contributed by atoms with E-state index in [1.165, 1.54) is 17.0 Å². The summed E-state index contributed by atoms with van der Waals surface area (Å²) in [5.41, 5.74) is -1.86. The second kappa shape index (κ2) is 7.87. The largest absolute Gasteiger partial charge is 0.416 e. The van der Waals surface area contributed by atoms with Gasteiger partial charge in [-0.2, -0.15) is 13.2 Å². The first-order valence-corrected chi connectivity index (χ1v) is 10.6. The average molecular weight is 424 g/mol. The van der Waals surface area contributed by atoms with Crippen molar-refractivity contribution in [1.29, 1.82) is 0 Å². The zero-order valence-electron chi connectivity index (χ0n) is 17.1. The molecule has 2 heterocycles. The summed E-state index contributed by atoms with van der Waals surface area (Å²) < 4.78 is 45.8. The monoisotopic (exact) mass is 424 g/mol. The number of carbonyl (C=O) groups excluding carboxylic acids is 2. The van der Waals surface area contributed by atoms with E-state index in [2.05, 4.69) is 6.92 Å². The van der Waals surface area contributed by atoms with Gasteiger partial charge >= 0.3 is 6.18 Å². The third-order valence-corrected chi connectivity index (χ3v) is 6.55. The number of hydrogen-bond donors (Lipinski definition) is 0. The number of carbonyl (C=O) groups is 2. The Morgan fingerprint density at radius 2 is 1.90 bits per heavy atom. The van der Waals surface area contributed by atoms with Gasteiger partial charge in [0.2, 0.25) is 5.91 Å². The highest BCUT2D eigenvalue weighted by Crippen LogP contribution is 2.44. The van der Waals surface area contributed by atoms with Crippen LogP contribution in [0.15, 0.2) is 24.3 Å². The summed E-state index contributed by atoms with van der Waals surface area (Å²) in [5, 5.41) is 0. The standard InChI is InChI=1S/C22H27F3N2O3/c1-15-6-5-9-21(13-15)27(18(14-30-21)20(29)26-10-2-3-11-26)19(28)16-7-4-8-17(12-16)22(23,24)25/h4,7-8,12,15,18H,2-3,5-6,9-11,13-14H2,1H3. The Morgan fingerprint density at radius 3 is 2.57 bits per heavy atom. The molecule has 0 radical (unpaired) electrons. The van der Waals surface area contributed by atoms with E-state index in [9.17, 15) is 22.8 Å². The topological polar surface area (TPSA) is 49.9 Å². The van der Waals surface area contributed by atoms with E-state index in [1.807, 2.05) is 0 Å². The maximum absolute atomic E-state index is 13.5. The van der Waals surface area contributed by atoms with Gasteiger partial charge in [-0.05, 0) is 56.2 Å². The van der Waals surface area contributed by atoms with Crippen molar-refractivity contribution in [3.05, 3.63) is 35.4 Å². The van der Waals surface area contributed by atoms with Crippen molar-refractivity contribution in [2.75, 3.05) is 19.7 Å². The number of hydrogen-bond acceptors (Lipinski definition) is 3. The van der Waals surface area contributed by atoms with Gasteiger partial charge in [-0.1, -0.05) is 19.4 Å². The van der Waals surface area contributed by atoms with Crippen molar-refractivity contribution in [1.82, 2.24) is 9.80 Å². The highest BCUT2D eigenvalue weighted by Gasteiger charge is 2.54. The number of likely N-dealkylation sites (tertiary alicyclic amines) is 1. The van der Waals surface area contributed by atoms with Gasteiger partial charge in [0.15, 0.2) is 0 Å². The summed E-state index contributed by atoms with van der Waals surface area (Å²) in [6.07, 6.45) is 0.318. The molecule has 2 aliphatic heterocycles. The van der Waals surface area contributed by atoms with Crippen molar-refractivity contribution in [3.63, 3.8) is 0 Å². The van der Waals surface area contributed by atoms with Crippen LogP contribution in [0.5, 0.6) is 0 Å². The van der Waals surface area contributed by atoms with Crippen LogP contribution in [0.3, 0.4) is 0 Å². The van der Waals surface area contributed by atoms with Gasteiger partial charge in [-0.15, -0.1) is 0 Å². The van der Waals surface area contributed by atoms with Crippen LogP contribution in [0.25, 0.3) is 0 Å². The molecule has 3 fully saturated rings. The van der Waals surface area contributed by atoms with E-state index in [-0.39, 0.29) is 18.1 Å². The number of halogens is 3. The Hall–Kier alpha value is -2.09. The maximum Gasteiger partial charge on any atom is 0.416 e.